The van der Waals surface area contributed by atoms with Gasteiger partial charge in [-0.05, 0) is 53.9 Å². The van der Waals surface area contributed by atoms with E-state index in [0.29, 0.717) is 22.1 Å². The Morgan fingerprint density at radius 3 is 2.43 bits per heavy atom. The van der Waals surface area contributed by atoms with Crippen LogP contribution >= 0.6 is 11.3 Å². The molecule has 0 bridgehead atoms. The van der Waals surface area contributed by atoms with Crippen LogP contribution in [0.4, 0.5) is 11.4 Å². The number of fused-ring (bicyclic) bond motifs is 1. The monoisotopic (exact) mass is 482 g/mol. The molecule has 0 unspecified atom stereocenters. The number of thiophene rings is 1. The summed E-state index contributed by atoms with van der Waals surface area (Å²) in [7, 11) is 0. The van der Waals surface area contributed by atoms with Crippen molar-refractivity contribution in [2.45, 2.75) is 13.2 Å². The van der Waals surface area contributed by atoms with Crippen molar-refractivity contribution in [3.05, 3.63) is 107 Å². The van der Waals surface area contributed by atoms with Gasteiger partial charge in [-0.15, -0.1) is 11.3 Å². The summed E-state index contributed by atoms with van der Waals surface area (Å²) < 4.78 is 7.75. The average molecular weight is 483 g/mol. The number of hydrogen-bond donors (Lipinski definition) is 2. The fourth-order valence-corrected chi connectivity index (χ4v) is 4.31. The van der Waals surface area contributed by atoms with Crippen molar-refractivity contribution in [2.75, 3.05) is 10.6 Å². The Hall–Kier alpha value is -4.43. The van der Waals surface area contributed by atoms with Gasteiger partial charge in [0.05, 0.1) is 15.9 Å². The Morgan fingerprint density at radius 2 is 1.63 bits per heavy atom. The molecule has 0 saturated heterocycles. The zero-order chi connectivity index (χ0) is 24.0. The Labute approximate surface area is 206 Å². The highest BCUT2D eigenvalue weighted by Crippen LogP contribution is 2.20. The topological polar surface area (TPSA) is 85.2 Å². The fraction of sp³-hybridized carbons (Fsp3) is 0.0741. The summed E-state index contributed by atoms with van der Waals surface area (Å²) in [5, 5.41) is 7.63. The van der Waals surface area contributed by atoms with E-state index in [2.05, 4.69) is 15.6 Å². The summed E-state index contributed by atoms with van der Waals surface area (Å²) in [6, 6.07) is 27.8. The molecule has 0 atom stereocenters. The van der Waals surface area contributed by atoms with Crippen molar-refractivity contribution in [2.24, 2.45) is 0 Å². The number of imidazole rings is 1. The summed E-state index contributed by atoms with van der Waals surface area (Å²) in [6.45, 7) is 0.302. The van der Waals surface area contributed by atoms with Gasteiger partial charge < -0.3 is 19.9 Å². The number of hydrogen-bond acceptors (Lipinski definition) is 5. The average Bonchev–Trinajstić information content (AvgIpc) is 3.53. The van der Waals surface area contributed by atoms with Gasteiger partial charge in [-0.2, -0.15) is 0 Å². The standard InChI is InChI=1S/C27H22N4O3S/c32-26(28-19-8-6-9-20(16-19)29-27(33)24-14-7-15-35-24)17-31-23-13-5-4-12-22(23)30-25(31)18-34-21-10-2-1-3-11-21/h1-16H,17-18H2,(H,28,32)(H,29,33). The highest BCUT2D eigenvalue weighted by atomic mass is 32.1. The van der Waals surface area contributed by atoms with Gasteiger partial charge in [-0.25, -0.2) is 4.98 Å². The van der Waals surface area contributed by atoms with Gasteiger partial charge in [0.2, 0.25) is 5.91 Å². The molecule has 35 heavy (non-hydrogen) atoms. The molecule has 0 aliphatic heterocycles. The maximum atomic E-state index is 13.0. The lowest BCUT2D eigenvalue weighted by molar-refractivity contribution is -0.116. The van der Waals surface area contributed by atoms with Crippen LogP contribution in [0.15, 0.2) is 96.4 Å². The van der Waals surface area contributed by atoms with Crippen LogP contribution in [0.2, 0.25) is 0 Å². The van der Waals surface area contributed by atoms with E-state index in [0.717, 1.165) is 16.8 Å². The molecular weight excluding hydrogens is 460 g/mol. The van der Waals surface area contributed by atoms with Crippen molar-refractivity contribution < 1.29 is 14.3 Å². The molecule has 2 amide bonds. The number of carbonyl (C=O) groups excluding carboxylic acids is 2. The SMILES string of the molecule is O=C(Cn1c(COc2ccccc2)nc2ccccc21)Nc1cccc(NC(=O)c2cccs2)c1. The molecule has 0 fully saturated rings. The van der Waals surface area contributed by atoms with Crippen LogP contribution in [-0.4, -0.2) is 21.4 Å². The number of benzene rings is 3. The Kier molecular flexibility index (Phi) is 6.54. The van der Waals surface area contributed by atoms with Gasteiger partial charge in [0.25, 0.3) is 5.91 Å². The number of rotatable bonds is 8. The van der Waals surface area contributed by atoms with Gasteiger partial charge >= 0.3 is 0 Å². The fourth-order valence-electron chi connectivity index (χ4n) is 3.70. The number of anilines is 2. The lowest BCUT2D eigenvalue weighted by Crippen LogP contribution is -2.21. The quantitative estimate of drug-likeness (QED) is 0.303. The smallest absolute Gasteiger partial charge is 0.265 e. The zero-order valence-corrected chi connectivity index (χ0v) is 19.5. The molecule has 8 heteroatoms. The van der Waals surface area contributed by atoms with Crippen molar-refractivity contribution >= 4 is 45.6 Å². The molecule has 2 aromatic heterocycles. The molecular formula is C27H22N4O3S. The molecule has 0 spiro atoms. The first-order chi connectivity index (χ1) is 17.2. The second-order valence-corrected chi connectivity index (χ2v) is 8.71. The maximum absolute atomic E-state index is 13.0. The van der Waals surface area contributed by atoms with Gasteiger partial charge in [-0.3, -0.25) is 9.59 Å². The molecule has 5 aromatic rings. The van der Waals surface area contributed by atoms with Crippen LogP contribution in [0.25, 0.3) is 11.0 Å². The van der Waals surface area contributed by atoms with Crippen molar-refractivity contribution in [3.8, 4) is 5.75 Å². The molecule has 0 aliphatic carbocycles. The Bertz CT molecular complexity index is 1460. The second-order valence-electron chi connectivity index (χ2n) is 7.77. The highest BCUT2D eigenvalue weighted by molar-refractivity contribution is 7.12. The summed E-state index contributed by atoms with van der Waals surface area (Å²) in [4.78, 5) is 30.6. The molecule has 3 aromatic carbocycles. The first-order valence-corrected chi connectivity index (χ1v) is 11.9. The Balaban J connectivity index is 1.30. The van der Waals surface area contributed by atoms with Crippen LogP contribution in [0, 0.1) is 0 Å². The summed E-state index contributed by atoms with van der Waals surface area (Å²) >= 11 is 1.37. The lowest BCUT2D eigenvalue weighted by Gasteiger charge is -2.12. The molecule has 5 rings (SSSR count). The van der Waals surface area contributed by atoms with E-state index >= 15 is 0 Å². The molecule has 2 heterocycles. The third kappa shape index (κ3) is 5.39. The number of nitrogens with zero attached hydrogens (tertiary/aromatic N) is 2. The summed E-state index contributed by atoms with van der Waals surface area (Å²) in [5.74, 6) is 0.992. The number of nitrogens with one attached hydrogen (secondary N) is 2. The van der Waals surface area contributed by atoms with Crippen LogP contribution in [0.3, 0.4) is 0 Å². The van der Waals surface area contributed by atoms with Gasteiger partial charge in [0.15, 0.2) is 0 Å². The number of ether oxygens (including phenoxy) is 1. The zero-order valence-electron chi connectivity index (χ0n) is 18.7. The molecule has 174 valence electrons. The van der Waals surface area contributed by atoms with Crippen molar-refractivity contribution in [3.63, 3.8) is 0 Å². The van der Waals surface area contributed by atoms with Crippen LogP contribution < -0.4 is 15.4 Å². The van der Waals surface area contributed by atoms with Crippen molar-refractivity contribution in [1.29, 1.82) is 0 Å². The predicted molar refractivity (Wildman–Crippen MR) is 138 cm³/mol. The molecule has 2 N–H and O–H groups in total. The normalized spacial score (nSPS) is 10.7. The van der Waals surface area contributed by atoms with Gasteiger partial charge in [0, 0.05) is 11.4 Å². The van der Waals surface area contributed by atoms with Crippen LogP contribution in [0.5, 0.6) is 5.75 Å². The summed E-state index contributed by atoms with van der Waals surface area (Å²) in [6.07, 6.45) is 0. The van der Waals surface area contributed by atoms with Crippen molar-refractivity contribution in [1.82, 2.24) is 9.55 Å². The minimum atomic E-state index is -0.212. The van der Waals surface area contributed by atoms with E-state index in [1.54, 1.807) is 30.3 Å². The minimum Gasteiger partial charge on any atom is -0.486 e. The third-order valence-electron chi connectivity index (χ3n) is 5.30. The number of amides is 2. The van der Waals surface area contributed by atoms with E-state index in [4.69, 9.17) is 4.74 Å². The van der Waals surface area contributed by atoms with E-state index in [-0.39, 0.29) is 25.0 Å². The Morgan fingerprint density at radius 1 is 0.857 bits per heavy atom. The number of para-hydroxylation sites is 3. The third-order valence-corrected chi connectivity index (χ3v) is 6.16. The van der Waals surface area contributed by atoms with Crippen LogP contribution in [0.1, 0.15) is 15.5 Å². The van der Waals surface area contributed by atoms with Gasteiger partial charge in [0.1, 0.15) is 24.7 Å². The second kappa shape index (κ2) is 10.2. The molecule has 0 aliphatic rings. The predicted octanol–water partition coefficient (Wildman–Crippen LogP) is 5.57. The van der Waals surface area contributed by atoms with Crippen LogP contribution in [-0.2, 0) is 17.9 Å². The number of aromatic nitrogens is 2. The number of carbonyl (C=O) groups is 2. The maximum Gasteiger partial charge on any atom is 0.265 e. The minimum absolute atomic E-state index is 0.0692. The molecule has 0 saturated carbocycles. The first kappa shape index (κ1) is 22.4. The summed E-state index contributed by atoms with van der Waals surface area (Å²) in [5.41, 5.74) is 2.84. The van der Waals surface area contributed by atoms with E-state index < -0.39 is 0 Å². The van der Waals surface area contributed by atoms with Gasteiger partial charge in [-0.1, -0.05) is 42.5 Å². The van der Waals surface area contributed by atoms with E-state index in [1.807, 2.05) is 70.6 Å². The molecule has 0 radical (unpaired) electrons. The lowest BCUT2D eigenvalue weighted by atomic mass is 10.2. The first-order valence-electron chi connectivity index (χ1n) is 11.0. The highest BCUT2D eigenvalue weighted by Gasteiger charge is 2.15. The van der Waals surface area contributed by atoms with E-state index in [1.165, 1.54) is 11.3 Å². The van der Waals surface area contributed by atoms with E-state index in [9.17, 15) is 9.59 Å². The largest absolute Gasteiger partial charge is 0.486 e. The molecule has 7 nitrogen and oxygen atoms in total.